The molecule has 4 aromatic rings. The molecule has 0 amide bonds. The number of aromatic nitrogens is 5. The molecule has 0 fully saturated rings. The molecule has 0 aliphatic carbocycles. The number of hydrogen-bond acceptors (Lipinski definition) is 9. The number of methoxy groups -OCH3 is 1. The normalized spacial score (nSPS) is 11.5. The zero-order valence-electron chi connectivity index (χ0n) is 20.0. The van der Waals surface area contributed by atoms with Gasteiger partial charge < -0.3 is 14.8 Å². The molecule has 0 unspecified atom stereocenters. The largest absolute Gasteiger partial charge is 0.469 e. The van der Waals surface area contributed by atoms with Gasteiger partial charge in [-0.25, -0.2) is 24.1 Å². The van der Waals surface area contributed by atoms with Crippen LogP contribution in [0.15, 0.2) is 76.6 Å². The summed E-state index contributed by atoms with van der Waals surface area (Å²) in [6, 6.07) is 15.6. The second-order valence-electron chi connectivity index (χ2n) is 8.03. The lowest BCUT2D eigenvalue weighted by atomic mass is 10.2. The maximum atomic E-state index is 13.4. The first kappa shape index (κ1) is 25.6. The molecule has 1 N–H and O–H groups in total. The van der Waals surface area contributed by atoms with Crippen molar-refractivity contribution in [3.63, 3.8) is 0 Å². The maximum Gasteiger partial charge on any atom is 0.354 e. The van der Waals surface area contributed by atoms with Crippen molar-refractivity contribution in [1.29, 1.82) is 0 Å². The minimum atomic E-state index is -0.795. The lowest BCUT2D eigenvalue weighted by molar-refractivity contribution is -0.145. The molecule has 0 spiro atoms. The molecule has 1 atom stereocenters. The Morgan fingerprint density at radius 2 is 1.70 bits per heavy atom. The van der Waals surface area contributed by atoms with E-state index in [0.717, 1.165) is 10.1 Å². The van der Waals surface area contributed by atoms with Crippen LogP contribution >= 0.6 is 11.6 Å². The van der Waals surface area contributed by atoms with Crippen molar-refractivity contribution in [3.8, 4) is 11.8 Å². The fourth-order valence-corrected chi connectivity index (χ4v) is 3.55. The van der Waals surface area contributed by atoms with Gasteiger partial charge in [-0.3, -0.25) is 9.36 Å². The lowest BCUT2D eigenvalue weighted by Crippen LogP contribution is -2.44. The van der Waals surface area contributed by atoms with Crippen molar-refractivity contribution < 1.29 is 14.3 Å². The minimum absolute atomic E-state index is 0.0342. The zero-order valence-corrected chi connectivity index (χ0v) is 20.8. The molecule has 11 nitrogen and oxygen atoms in total. The molecular weight excluding hydrogens is 500 g/mol. The van der Waals surface area contributed by atoms with Crippen molar-refractivity contribution >= 4 is 29.2 Å². The summed E-state index contributed by atoms with van der Waals surface area (Å²) in [5.74, 6) is -0.732. The van der Waals surface area contributed by atoms with E-state index in [1.54, 1.807) is 73.9 Å². The highest BCUT2D eigenvalue weighted by Crippen LogP contribution is 2.22. The van der Waals surface area contributed by atoms with Crippen LogP contribution in [0.3, 0.4) is 0 Å². The number of rotatable bonds is 9. The van der Waals surface area contributed by atoms with Crippen molar-refractivity contribution in [3.05, 3.63) is 98.5 Å². The van der Waals surface area contributed by atoms with Crippen LogP contribution in [0.2, 0.25) is 5.02 Å². The minimum Gasteiger partial charge on any atom is -0.469 e. The standard InChI is InChI=1S/C25H23ClN6O5/c1-16(21(33)36-2)14-32-24(34)30-22(31(25(32)35)15-17-4-6-18(26)7-5-17)29-19-8-10-20(11-9-19)37-23-27-12-3-13-28-23/h3-13,16H,14-15H2,1-2H3,(H,29,30,34)/t16-/m0/s1. The van der Waals surface area contributed by atoms with E-state index in [9.17, 15) is 14.4 Å². The first-order valence-electron chi connectivity index (χ1n) is 11.2. The van der Waals surface area contributed by atoms with Gasteiger partial charge in [-0.05, 0) is 48.0 Å². The van der Waals surface area contributed by atoms with E-state index in [1.807, 2.05) is 0 Å². The summed E-state index contributed by atoms with van der Waals surface area (Å²) in [6.07, 6.45) is 3.13. The molecule has 2 aromatic carbocycles. The number of nitrogens with one attached hydrogen (secondary N) is 1. The Morgan fingerprint density at radius 3 is 2.35 bits per heavy atom. The number of ether oxygens (including phenoxy) is 2. The molecule has 0 bridgehead atoms. The van der Waals surface area contributed by atoms with Crippen LogP contribution in [-0.4, -0.2) is 37.2 Å². The Balaban J connectivity index is 1.66. The number of carbonyl (C=O) groups is 1. The Hall–Kier alpha value is -4.51. The molecule has 190 valence electrons. The molecular formula is C25H23ClN6O5. The molecule has 0 saturated carbocycles. The van der Waals surface area contributed by atoms with Crippen molar-refractivity contribution in [2.24, 2.45) is 5.92 Å². The van der Waals surface area contributed by atoms with Gasteiger partial charge in [0.05, 0.1) is 19.6 Å². The first-order chi connectivity index (χ1) is 17.8. The van der Waals surface area contributed by atoms with Crippen LogP contribution in [0.1, 0.15) is 12.5 Å². The summed E-state index contributed by atoms with van der Waals surface area (Å²) in [7, 11) is 1.24. The van der Waals surface area contributed by atoms with Gasteiger partial charge in [-0.1, -0.05) is 30.7 Å². The average Bonchev–Trinajstić information content (AvgIpc) is 2.91. The van der Waals surface area contributed by atoms with Gasteiger partial charge in [-0.15, -0.1) is 0 Å². The number of hydrogen-bond donors (Lipinski definition) is 1. The van der Waals surface area contributed by atoms with E-state index >= 15 is 0 Å². The van der Waals surface area contributed by atoms with Crippen LogP contribution in [0, 0.1) is 5.92 Å². The molecule has 0 aliphatic heterocycles. The maximum absolute atomic E-state index is 13.4. The summed E-state index contributed by atoms with van der Waals surface area (Å²) in [4.78, 5) is 50.2. The molecule has 2 heterocycles. The van der Waals surface area contributed by atoms with Crippen LogP contribution in [0.25, 0.3) is 0 Å². The number of halogens is 1. The monoisotopic (exact) mass is 522 g/mol. The molecule has 2 aromatic heterocycles. The van der Waals surface area contributed by atoms with E-state index in [2.05, 4.69) is 20.3 Å². The second kappa shape index (κ2) is 11.5. The van der Waals surface area contributed by atoms with E-state index in [1.165, 1.54) is 11.7 Å². The number of esters is 1. The van der Waals surface area contributed by atoms with Crippen LogP contribution in [-0.2, 0) is 22.6 Å². The highest BCUT2D eigenvalue weighted by Gasteiger charge is 2.20. The average molecular weight is 523 g/mol. The molecule has 37 heavy (non-hydrogen) atoms. The molecule has 0 saturated heterocycles. The van der Waals surface area contributed by atoms with Crippen molar-refractivity contribution in [2.45, 2.75) is 20.0 Å². The number of anilines is 2. The SMILES string of the molecule is COC(=O)[C@@H](C)Cn1c(=O)nc(Nc2ccc(Oc3ncccn3)cc2)n(Cc2ccc(Cl)cc2)c1=O. The van der Waals surface area contributed by atoms with Gasteiger partial charge in [0.1, 0.15) is 5.75 Å². The van der Waals surface area contributed by atoms with E-state index in [0.29, 0.717) is 16.5 Å². The Morgan fingerprint density at radius 1 is 1.03 bits per heavy atom. The highest BCUT2D eigenvalue weighted by molar-refractivity contribution is 6.30. The number of nitrogens with zero attached hydrogens (tertiary/aromatic N) is 5. The topological polar surface area (TPSA) is 130 Å². The van der Waals surface area contributed by atoms with Crippen molar-refractivity contribution in [2.75, 3.05) is 12.4 Å². The fraction of sp³-hybridized carbons (Fsp3) is 0.200. The molecule has 0 radical (unpaired) electrons. The van der Waals surface area contributed by atoms with E-state index in [-0.39, 0.29) is 25.0 Å². The van der Waals surface area contributed by atoms with Crippen LogP contribution < -0.4 is 21.4 Å². The number of benzene rings is 2. The fourth-order valence-electron chi connectivity index (χ4n) is 3.42. The quantitative estimate of drug-likeness (QED) is 0.329. The number of carbonyl (C=O) groups excluding carboxylic acids is 1. The zero-order chi connectivity index (χ0) is 26.4. The van der Waals surface area contributed by atoms with Crippen LogP contribution in [0.5, 0.6) is 11.8 Å². The Kier molecular flexibility index (Phi) is 7.94. The third-order valence-electron chi connectivity index (χ3n) is 5.33. The van der Waals surface area contributed by atoms with Gasteiger partial charge in [0.2, 0.25) is 5.95 Å². The lowest BCUT2D eigenvalue weighted by Gasteiger charge is -2.17. The van der Waals surface area contributed by atoms with E-state index < -0.39 is 23.3 Å². The predicted molar refractivity (Wildman–Crippen MR) is 136 cm³/mol. The summed E-state index contributed by atoms with van der Waals surface area (Å²) >= 11 is 5.99. The van der Waals surface area contributed by atoms with Gasteiger partial charge in [0.25, 0.3) is 0 Å². The van der Waals surface area contributed by atoms with E-state index in [4.69, 9.17) is 21.1 Å². The second-order valence-corrected chi connectivity index (χ2v) is 8.47. The summed E-state index contributed by atoms with van der Waals surface area (Å²) in [5, 5.41) is 3.57. The molecule has 4 rings (SSSR count). The van der Waals surface area contributed by atoms with Gasteiger partial charge in [0, 0.05) is 29.6 Å². The third-order valence-corrected chi connectivity index (χ3v) is 5.58. The summed E-state index contributed by atoms with van der Waals surface area (Å²) in [5.41, 5.74) is -0.112. The molecule has 0 aliphatic rings. The highest BCUT2D eigenvalue weighted by atomic mass is 35.5. The van der Waals surface area contributed by atoms with Gasteiger partial charge in [-0.2, -0.15) is 4.98 Å². The predicted octanol–water partition coefficient (Wildman–Crippen LogP) is 3.24. The molecule has 12 heteroatoms. The first-order valence-corrected chi connectivity index (χ1v) is 11.6. The van der Waals surface area contributed by atoms with Gasteiger partial charge in [0.15, 0.2) is 0 Å². The van der Waals surface area contributed by atoms with Gasteiger partial charge >= 0.3 is 23.4 Å². The smallest absolute Gasteiger partial charge is 0.354 e. The Labute approximate surface area is 216 Å². The van der Waals surface area contributed by atoms with Crippen molar-refractivity contribution in [1.82, 2.24) is 24.1 Å². The van der Waals surface area contributed by atoms with Crippen LogP contribution in [0.4, 0.5) is 11.6 Å². The third kappa shape index (κ3) is 6.39. The Bertz CT molecular complexity index is 1490. The summed E-state index contributed by atoms with van der Waals surface area (Å²) in [6.45, 7) is 1.49. The summed E-state index contributed by atoms with van der Waals surface area (Å²) < 4.78 is 12.5.